The van der Waals surface area contributed by atoms with Crippen molar-refractivity contribution in [3.8, 4) is 11.5 Å². The van der Waals surface area contributed by atoms with E-state index in [1.54, 1.807) is 13.2 Å². The molecule has 220 valence electrons. The van der Waals surface area contributed by atoms with Crippen LogP contribution in [0.4, 0.5) is 15.9 Å². The smallest absolute Gasteiger partial charge is 0.261 e. The normalized spacial score (nSPS) is 18.7. The van der Waals surface area contributed by atoms with Crippen LogP contribution < -0.4 is 14.8 Å². The Morgan fingerprint density at radius 2 is 1.82 bits per heavy atom. The van der Waals surface area contributed by atoms with E-state index in [2.05, 4.69) is 20.2 Å². The van der Waals surface area contributed by atoms with E-state index in [9.17, 15) is 12.8 Å². The lowest BCUT2D eigenvalue weighted by atomic mass is 10.2. The lowest BCUT2D eigenvalue weighted by Crippen LogP contribution is -2.36. The molecule has 2 atom stereocenters. The third kappa shape index (κ3) is 8.83. The number of hydrogen-bond donors (Lipinski definition) is 2. The van der Waals surface area contributed by atoms with Crippen LogP contribution in [-0.4, -0.2) is 98.3 Å². The SMILES string of the molecule is COc1cc2ncnc(Nc3ccc(F)c(Cl)c3)c2cc1OCCCN1C[C@@H]2OCCO[C@@H]2C1.CS(=O)(=O)O.O. The molecular weight excluding hydrogens is 571 g/mol. The zero-order valence-corrected chi connectivity index (χ0v) is 23.5. The quantitative estimate of drug-likeness (QED) is 0.288. The van der Waals surface area contributed by atoms with E-state index in [0.717, 1.165) is 31.4 Å². The van der Waals surface area contributed by atoms with Gasteiger partial charge in [-0.3, -0.25) is 9.45 Å². The number of likely N-dealkylation sites (tertiary alicyclic amines) is 1. The van der Waals surface area contributed by atoms with Crippen molar-refractivity contribution >= 4 is 44.1 Å². The molecule has 4 N–H and O–H groups in total. The molecular formula is C25H32ClFN4O8S. The van der Waals surface area contributed by atoms with Gasteiger partial charge in [0.1, 0.15) is 18.0 Å². The Labute approximate surface area is 236 Å². The van der Waals surface area contributed by atoms with Crippen LogP contribution in [0.3, 0.4) is 0 Å². The van der Waals surface area contributed by atoms with Gasteiger partial charge < -0.3 is 29.7 Å². The highest BCUT2D eigenvalue weighted by Crippen LogP contribution is 2.35. The van der Waals surface area contributed by atoms with Crippen molar-refractivity contribution in [3.63, 3.8) is 0 Å². The minimum atomic E-state index is -3.67. The van der Waals surface area contributed by atoms with Crippen molar-refractivity contribution < 1.29 is 41.8 Å². The monoisotopic (exact) mass is 602 g/mol. The third-order valence-corrected chi connectivity index (χ3v) is 6.31. The Morgan fingerprint density at radius 3 is 2.45 bits per heavy atom. The summed E-state index contributed by atoms with van der Waals surface area (Å²) in [6.07, 6.45) is 3.38. The van der Waals surface area contributed by atoms with Gasteiger partial charge in [0.15, 0.2) is 11.5 Å². The van der Waals surface area contributed by atoms with Gasteiger partial charge in [-0.25, -0.2) is 14.4 Å². The summed E-state index contributed by atoms with van der Waals surface area (Å²) < 4.78 is 62.6. The molecule has 0 radical (unpaired) electrons. The van der Waals surface area contributed by atoms with Crippen LogP contribution in [-0.2, 0) is 19.6 Å². The molecule has 2 aromatic carbocycles. The van der Waals surface area contributed by atoms with Crippen LogP contribution in [0.2, 0.25) is 5.02 Å². The zero-order chi connectivity index (χ0) is 28.0. The predicted octanol–water partition coefficient (Wildman–Crippen LogP) is 2.72. The Morgan fingerprint density at radius 1 is 1.15 bits per heavy atom. The highest BCUT2D eigenvalue weighted by Gasteiger charge is 2.36. The number of methoxy groups -OCH3 is 1. The number of aromatic nitrogens is 2. The minimum absolute atomic E-state index is 0. The standard InChI is InChI=1S/C24H26ClFN4O4.CH4O3S.H2O/c1-31-20-11-19-16(24(28-14-27-19)29-15-3-4-18(26)17(25)9-15)10-21(20)32-6-2-5-30-12-22-23(13-30)34-8-7-33-22;1-5(2,3)4;/h3-4,9-11,14,22-23H,2,5-8,12-13H2,1H3,(H,27,28,29);1H3,(H,2,3,4);1H2/t22-,23+;;. The van der Waals surface area contributed by atoms with Gasteiger partial charge in [0.05, 0.1) is 55.9 Å². The van der Waals surface area contributed by atoms with Gasteiger partial charge in [0, 0.05) is 36.8 Å². The first-order chi connectivity index (χ1) is 18.6. The summed E-state index contributed by atoms with van der Waals surface area (Å²) in [5.41, 5.74) is 1.30. The van der Waals surface area contributed by atoms with E-state index in [-0.39, 0.29) is 22.7 Å². The van der Waals surface area contributed by atoms with E-state index >= 15 is 0 Å². The molecule has 2 saturated heterocycles. The summed E-state index contributed by atoms with van der Waals surface area (Å²) in [6.45, 7) is 4.56. The Bertz CT molecular complexity index is 1380. The molecule has 0 amide bonds. The maximum Gasteiger partial charge on any atom is 0.261 e. The lowest BCUT2D eigenvalue weighted by Gasteiger charge is -2.24. The fourth-order valence-corrected chi connectivity index (χ4v) is 4.52. The van der Waals surface area contributed by atoms with Crippen molar-refractivity contribution in [1.82, 2.24) is 14.9 Å². The van der Waals surface area contributed by atoms with Crippen LogP contribution in [0.5, 0.6) is 11.5 Å². The summed E-state index contributed by atoms with van der Waals surface area (Å²) in [6, 6.07) is 8.08. The number of rotatable bonds is 8. The minimum Gasteiger partial charge on any atom is -0.493 e. The summed E-state index contributed by atoms with van der Waals surface area (Å²) in [5, 5.41) is 3.96. The molecule has 2 aliphatic heterocycles. The van der Waals surface area contributed by atoms with E-state index < -0.39 is 15.9 Å². The Balaban J connectivity index is 0.000000677. The van der Waals surface area contributed by atoms with Crippen molar-refractivity contribution in [1.29, 1.82) is 0 Å². The van der Waals surface area contributed by atoms with Crippen LogP contribution in [0.15, 0.2) is 36.7 Å². The molecule has 5 rings (SSSR count). The fourth-order valence-electron chi connectivity index (χ4n) is 4.34. The molecule has 40 heavy (non-hydrogen) atoms. The lowest BCUT2D eigenvalue weighted by molar-refractivity contribution is -0.116. The van der Waals surface area contributed by atoms with Gasteiger partial charge in [0.2, 0.25) is 0 Å². The van der Waals surface area contributed by atoms with E-state index in [1.807, 2.05) is 12.1 Å². The zero-order valence-electron chi connectivity index (χ0n) is 22.0. The van der Waals surface area contributed by atoms with Gasteiger partial charge in [-0.15, -0.1) is 0 Å². The van der Waals surface area contributed by atoms with Crippen molar-refractivity contribution in [2.75, 3.05) is 58.1 Å². The van der Waals surface area contributed by atoms with Crippen molar-refractivity contribution in [3.05, 3.63) is 47.5 Å². The van der Waals surface area contributed by atoms with Gasteiger partial charge in [0.25, 0.3) is 10.1 Å². The molecule has 0 unspecified atom stereocenters. The maximum atomic E-state index is 13.5. The van der Waals surface area contributed by atoms with E-state index in [0.29, 0.717) is 54.6 Å². The summed E-state index contributed by atoms with van der Waals surface area (Å²) in [5.74, 6) is 1.27. The number of hydrogen-bond acceptors (Lipinski definition) is 10. The number of fused-ring (bicyclic) bond motifs is 2. The average Bonchev–Trinajstić information content (AvgIpc) is 3.30. The second kappa shape index (κ2) is 14.2. The summed E-state index contributed by atoms with van der Waals surface area (Å²) in [4.78, 5) is 11.0. The highest BCUT2D eigenvalue weighted by molar-refractivity contribution is 7.85. The molecule has 3 aromatic rings. The van der Waals surface area contributed by atoms with Gasteiger partial charge in [-0.05, 0) is 30.7 Å². The molecule has 0 saturated carbocycles. The van der Waals surface area contributed by atoms with E-state index in [4.69, 9.17) is 35.1 Å². The molecule has 0 bridgehead atoms. The van der Waals surface area contributed by atoms with Crippen LogP contribution >= 0.6 is 11.6 Å². The molecule has 1 aromatic heterocycles. The molecule has 15 heteroatoms. The topological polar surface area (TPSA) is 164 Å². The van der Waals surface area contributed by atoms with Crippen LogP contribution in [0.1, 0.15) is 6.42 Å². The van der Waals surface area contributed by atoms with Gasteiger partial charge in [-0.2, -0.15) is 8.42 Å². The number of benzene rings is 2. The summed E-state index contributed by atoms with van der Waals surface area (Å²) in [7, 11) is -2.07. The fraction of sp³-hybridized carbons (Fsp3) is 0.440. The average molecular weight is 603 g/mol. The molecule has 12 nitrogen and oxygen atoms in total. The Hall–Kier alpha value is -2.85. The van der Waals surface area contributed by atoms with Gasteiger partial charge >= 0.3 is 0 Å². The van der Waals surface area contributed by atoms with Gasteiger partial charge in [-0.1, -0.05) is 11.6 Å². The molecule has 2 fully saturated rings. The largest absolute Gasteiger partial charge is 0.493 e. The number of ether oxygens (including phenoxy) is 4. The molecule has 0 aliphatic carbocycles. The summed E-state index contributed by atoms with van der Waals surface area (Å²) >= 11 is 5.91. The molecule has 3 heterocycles. The second-order valence-corrected chi connectivity index (χ2v) is 10.9. The number of halogens is 2. The number of nitrogens with zero attached hydrogens (tertiary/aromatic N) is 3. The van der Waals surface area contributed by atoms with Crippen LogP contribution in [0, 0.1) is 5.82 Å². The van der Waals surface area contributed by atoms with Crippen LogP contribution in [0.25, 0.3) is 10.9 Å². The van der Waals surface area contributed by atoms with E-state index in [1.165, 1.54) is 18.5 Å². The van der Waals surface area contributed by atoms with Crippen molar-refractivity contribution in [2.45, 2.75) is 18.6 Å². The Kier molecular flexibility index (Phi) is 11.2. The number of anilines is 2. The predicted molar refractivity (Wildman–Crippen MR) is 148 cm³/mol. The second-order valence-electron chi connectivity index (χ2n) is 9.01. The third-order valence-electron chi connectivity index (χ3n) is 6.02. The molecule has 0 spiro atoms. The van der Waals surface area contributed by atoms with Crippen molar-refractivity contribution in [2.24, 2.45) is 0 Å². The molecule has 2 aliphatic rings. The first-order valence-corrected chi connectivity index (χ1v) is 14.4. The number of nitrogens with one attached hydrogen (secondary N) is 1. The highest BCUT2D eigenvalue weighted by atomic mass is 35.5. The first kappa shape index (κ1) is 31.7. The first-order valence-electron chi connectivity index (χ1n) is 12.2. The maximum absolute atomic E-state index is 13.5.